The highest BCUT2D eigenvalue weighted by molar-refractivity contribution is 6.20. The van der Waals surface area contributed by atoms with Crippen LogP contribution in [0.15, 0.2) is 0 Å². The van der Waals surface area contributed by atoms with Crippen LogP contribution in [0.5, 0.6) is 0 Å². The molecule has 2 rings (SSSR count). The van der Waals surface area contributed by atoms with E-state index in [9.17, 15) is 8.78 Å². The summed E-state index contributed by atoms with van der Waals surface area (Å²) < 4.78 is 28.6. The van der Waals surface area contributed by atoms with E-state index in [2.05, 4.69) is 10.1 Å². The first kappa shape index (κ1) is 14.2. The lowest BCUT2D eigenvalue weighted by Crippen LogP contribution is -2.13. The molecule has 0 saturated heterocycles. The third-order valence-electron chi connectivity index (χ3n) is 2.98. The molecule has 0 aliphatic rings. The summed E-state index contributed by atoms with van der Waals surface area (Å²) in [6.07, 6.45) is -0.741. The number of aryl methyl sites for hydroxylation is 2. The van der Waals surface area contributed by atoms with E-state index >= 15 is 0 Å². The van der Waals surface area contributed by atoms with Crippen LogP contribution in [0.1, 0.15) is 37.2 Å². The Bertz CT molecular complexity index is 574. The van der Waals surface area contributed by atoms with E-state index in [1.807, 2.05) is 6.92 Å². The molecule has 0 radical (unpaired) electrons. The van der Waals surface area contributed by atoms with Crippen molar-refractivity contribution in [2.45, 2.75) is 45.0 Å². The Morgan fingerprint density at radius 1 is 1.37 bits per heavy atom. The van der Waals surface area contributed by atoms with Gasteiger partial charge >= 0.3 is 0 Å². The minimum absolute atomic E-state index is 0.409. The first-order valence-corrected chi connectivity index (χ1v) is 6.73. The topological polar surface area (TPSA) is 35.6 Å². The van der Waals surface area contributed by atoms with Crippen LogP contribution in [-0.4, -0.2) is 25.8 Å². The largest absolute Gasteiger partial charge is 0.306 e. The molecule has 0 amide bonds. The Hall–Kier alpha value is -1.17. The summed E-state index contributed by atoms with van der Waals surface area (Å²) >= 11 is 6.04. The zero-order valence-electron chi connectivity index (χ0n) is 11.2. The van der Waals surface area contributed by atoms with Crippen LogP contribution in [0.3, 0.4) is 0 Å². The second kappa shape index (κ2) is 5.45. The maximum atomic E-state index is 12.7. The van der Waals surface area contributed by atoms with Gasteiger partial charge in [-0.2, -0.15) is 5.10 Å². The smallest absolute Gasteiger partial charge is 0.256 e. The summed E-state index contributed by atoms with van der Waals surface area (Å²) in [6, 6.07) is 0. The summed E-state index contributed by atoms with van der Waals surface area (Å²) in [4.78, 5) is 4.42. The Balaban J connectivity index is 2.63. The Labute approximate surface area is 115 Å². The average molecular weight is 291 g/mol. The molecular formula is C12H17ClF2N4. The van der Waals surface area contributed by atoms with Crippen LogP contribution in [0.2, 0.25) is 0 Å². The van der Waals surface area contributed by atoms with Crippen LogP contribution >= 0.6 is 11.6 Å². The van der Waals surface area contributed by atoms with Crippen molar-refractivity contribution in [3.05, 3.63) is 11.5 Å². The highest BCUT2D eigenvalue weighted by Crippen LogP contribution is 2.27. The number of imidazole rings is 1. The van der Waals surface area contributed by atoms with Gasteiger partial charge in [0.25, 0.3) is 6.43 Å². The van der Waals surface area contributed by atoms with Crippen LogP contribution in [0, 0.1) is 0 Å². The standard InChI is InChI=1S/C12H17ClF2N4/c1-4-5-8-10-12(18(3)17-8)19(6-9(14)15)11(16-10)7(2)13/h7,9H,4-6H2,1-3H3. The molecule has 19 heavy (non-hydrogen) atoms. The van der Waals surface area contributed by atoms with Gasteiger partial charge in [0.2, 0.25) is 0 Å². The number of hydrogen-bond donors (Lipinski definition) is 0. The third kappa shape index (κ3) is 2.59. The number of hydrogen-bond acceptors (Lipinski definition) is 2. The molecule has 0 aliphatic carbocycles. The van der Waals surface area contributed by atoms with E-state index in [0.29, 0.717) is 17.0 Å². The normalized spacial score (nSPS) is 13.6. The fourth-order valence-electron chi connectivity index (χ4n) is 2.29. The molecule has 0 aliphatic heterocycles. The molecule has 2 aromatic rings. The van der Waals surface area contributed by atoms with Crippen LogP contribution in [-0.2, 0) is 20.0 Å². The van der Waals surface area contributed by atoms with Crippen LogP contribution in [0.25, 0.3) is 11.2 Å². The average Bonchev–Trinajstić information content (AvgIpc) is 2.79. The zero-order chi connectivity index (χ0) is 14.2. The van der Waals surface area contributed by atoms with Crippen LogP contribution < -0.4 is 0 Å². The minimum Gasteiger partial charge on any atom is -0.306 e. The predicted octanol–water partition coefficient (Wildman–Crippen LogP) is 3.29. The molecule has 0 bridgehead atoms. The highest BCUT2D eigenvalue weighted by Gasteiger charge is 2.23. The number of alkyl halides is 3. The van der Waals surface area contributed by atoms with Crippen molar-refractivity contribution in [3.63, 3.8) is 0 Å². The summed E-state index contributed by atoms with van der Waals surface area (Å²) in [7, 11) is 1.74. The lowest BCUT2D eigenvalue weighted by molar-refractivity contribution is 0.126. The molecule has 2 aromatic heterocycles. The Morgan fingerprint density at radius 2 is 2.05 bits per heavy atom. The molecule has 0 aromatic carbocycles. The lowest BCUT2D eigenvalue weighted by atomic mass is 10.2. The van der Waals surface area contributed by atoms with Gasteiger partial charge < -0.3 is 4.57 Å². The second-order valence-corrected chi connectivity index (χ2v) is 5.23. The number of nitrogens with zero attached hydrogens (tertiary/aromatic N) is 4. The number of rotatable bonds is 5. The van der Waals surface area contributed by atoms with Crippen molar-refractivity contribution in [2.24, 2.45) is 7.05 Å². The first-order chi connectivity index (χ1) is 8.95. The van der Waals surface area contributed by atoms with Gasteiger partial charge in [-0.25, -0.2) is 13.8 Å². The zero-order valence-corrected chi connectivity index (χ0v) is 12.0. The second-order valence-electron chi connectivity index (χ2n) is 4.58. The minimum atomic E-state index is -2.45. The molecule has 0 N–H and O–H groups in total. The third-order valence-corrected chi connectivity index (χ3v) is 3.18. The lowest BCUT2D eigenvalue weighted by Gasteiger charge is -2.10. The van der Waals surface area contributed by atoms with E-state index in [0.717, 1.165) is 18.5 Å². The molecule has 4 nitrogen and oxygen atoms in total. The Morgan fingerprint density at radius 3 is 2.58 bits per heavy atom. The molecule has 1 unspecified atom stereocenters. The van der Waals surface area contributed by atoms with Crippen molar-refractivity contribution in [2.75, 3.05) is 0 Å². The number of halogens is 3. The van der Waals surface area contributed by atoms with Gasteiger partial charge in [-0.15, -0.1) is 11.6 Å². The number of fused-ring (bicyclic) bond motifs is 1. The van der Waals surface area contributed by atoms with Crippen molar-refractivity contribution in [1.29, 1.82) is 0 Å². The first-order valence-electron chi connectivity index (χ1n) is 6.29. The van der Waals surface area contributed by atoms with E-state index in [4.69, 9.17) is 11.6 Å². The van der Waals surface area contributed by atoms with E-state index in [-0.39, 0.29) is 0 Å². The van der Waals surface area contributed by atoms with Gasteiger partial charge in [-0.1, -0.05) is 13.3 Å². The maximum absolute atomic E-state index is 12.7. The van der Waals surface area contributed by atoms with Gasteiger partial charge in [-0.3, -0.25) is 4.68 Å². The molecule has 0 spiro atoms. The molecule has 0 saturated carbocycles. The van der Waals surface area contributed by atoms with Gasteiger partial charge in [0.15, 0.2) is 5.65 Å². The quantitative estimate of drug-likeness (QED) is 0.792. The molecule has 0 fully saturated rings. The fourth-order valence-corrected chi connectivity index (χ4v) is 2.45. The SMILES string of the molecule is CCCc1nn(C)c2c1nc(C(C)Cl)n2CC(F)F. The van der Waals surface area contributed by atoms with Crippen molar-refractivity contribution in [3.8, 4) is 0 Å². The van der Waals surface area contributed by atoms with Crippen molar-refractivity contribution in [1.82, 2.24) is 19.3 Å². The van der Waals surface area contributed by atoms with Crippen molar-refractivity contribution >= 4 is 22.8 Å². The summed E-state index contributed by atoms with van der Waals surface area (Å²) in [5.74, 6) is 0.474. The van der Waals surface area contributed by atoms with Crippen molar-refractivity contribution < 1.29 is 8.78 Å². The highest BCUT2D eigenvalue weighted by atomic mass is 35.5. The maximum Gasteiger partial charge on any atom is 0.256 e. The van der Waals surface area contributed by atoms with Gasteiger partial charge in [-0.05, 0) is 13.3 Å². The molecule has 1 atom stereocenters. The summed E-state index contributed by atoms with van der Waals surface area (Å²) in [5.41, 5.74) is 2.14. The number of aromatic nitrogens is 4. The Kier molecular flexibility index (Phi) is 4.08. The monoisotopic (exact) mass is 290 g/mol. The fraction of sp³-hybridized carbons (Fsp3) is 0.667. The van der Waals surface area contributed by atoms with E-state index in [1.165, 1.54) is 4.57 Å². The molecule has 7 heteroatoms. The van der Waals surface area contributed by atoms with E-state index < -0.39 is 18.3 Å². The van der Waals surface area contributed by atoms with Gasteiger partial charge in [0.05, 0.1) is 17.6 Å². The summed E-state index contributed by atoms with van der Waals surface area (Å²) in [5, 5.41) is 3.94. The van der Waals surface area contributed by atoms with Gasteiger partial charge in [0, 0.05) is 7.05 Å². The molecule has 2 heterocycles. The molecule has 106 valence electrons. The van der Waals surface area contributed by atoms with E-state index in [1.54, 1.807) is 18.7 Å². The predicted molar refractivity (Wildman–Crippen MR) is 70.8 cm³/mol. The molecular weight excluding hydrogens is 274 g/mol. The van der Waals surface area contributed by atoms with Crippen LogP contribution in [0.4, 0.5) is 8.78 Å². The summed E-state index contributed by atoms with van der Waals surface area (Å²) in [6.45, 7) is 3.37. The van der Waals surface area contributed by atoms with Gasteiger partial charge in [0.1, 0.15) is 11.3 Å².